The number of hydrogen-bond donors (Lipinski definition) is 3. The molecule has 2 aromatic carbocycles. The Morgan fingerprint density at radius 3 is 2.79 bits per heavy atom. The van der Waals surface area contributed by atoms with Crippen molar-refractivity contribution in [3.8, 4) is 5.75 Å². The number of Topliss-reactive ketones (excluding diaryl/α,β-unsaturated/α-hetero) is 1. The molecule has 3 amide bonds. The van der Waals surface area contributed by atoms with E-state index in [0.29, 0.717) is 42.1 Å². The van der Waals surface area contributed by atoms with Gasteiger partial charge in [-0.15, -0.1) is 0 Å². The van der Waals surface area contributed by atoms with E-state index in [-0.39, 0.29) is 36.0 Å². The van der Waals surface area contributed by atoms with E-state index in [0.717, 1.165) is 30.2 Å². The maximum absolute atomic E-state index is 14.1. The lowest BCUT2D eigenvalue weighted by Gasteiger charge is -2.29. The average molecular weight is 584 g/mol. The predicted octanol–water partition coefficient (Wildman–Crippen LogP) is 3.45. The third-order valence-electron chi connectivity index (χ3n) is 9.32. The van der Waals surface area contributed by atoms with Crippen LogP contribution in [0.1, 0.15) is 53.3 Å². The second kappa shape index (κ2) is 10.9. The smallest absolute Gasteiger partial charge is 0.271 e. The second-order valence-corrected chi connectivity index (χ2v) is 11.8. The minimum atomic E-state index is -1.04. The van der Waals surface area contributed by atoms with Gasteiger partial charge in [0.15, 0.2) is 5.58 Å². The van der Waals surface area contributed by atoms with Gasteiger partial charge >= 0.3 is 0 Å². The number of ether oxygens (including phenoxy) is 1. The molecule has 0 radical (unpaired) electrons. The van der Waals surface area contributed by atoms with Crippen molar-refractivity contribution in [2.45, 2.75) is 44.2 Å². The van der Waals surface area contributed by atoms with Crippen LogP contribution in [0.15, 0.2) is 52.9 Å². The first kappa shape index (κ1) is 27.2. The Morgan fingerprint density at radius 1 is 1.14 bits per heavy atom. The molecule has 3 N–H and O–H groups in total. The molecular formula is C32H33N5O6. The van der Waals surface area contributed by atoms with E-state index in [1.165, 1.54) is 0 Å². The molecule has 11 nitrogen and oxygen atoms in total. The molecule has 5 atom stereocenters. The number of amides is 3. The standard InChI is InChI=1S/C32H33N5O6/c1-42-25-11-5-9-21-20(25)15-24(34-21)32(41)37-16-18-6-4-7-19(18)27(37)30(40)35-23(14-17-12-13-33-29(17)39)28(38)31-36-22-8-2-3-10-26(22)43-31/h2-3,5,8-11,15,17-19,23,27,34H,4,6-7,12-14,16H2,1H3,(H,33,39)(H,35,40)/t17-,18-,19-,23?,27-/m0/s1. The van der Waals surface area contributed by atoms with E-state index in [1.54, 1.807) is 42.3 Å². The molecule has 1 aliphatic carbocycles. The van der Waals surface area contributed by atoms with Crippen LogP contribution in [0.3, 0.4) is 0 Å². The van der Waals surface area contributed by atoms with E-state index < -0.39 is 29.7 Å². The van der Waals surface area contributed by atoms with Crippen LogP contribution in [0.25, 0.3) is 22.0 Å². The highest BCUT2D eigenvalue weighted by molar-refractivity contribution is 6.04. The molecule has 0 spiro atoms. The Labute approximate surface area is 247 Å². The van der Waals surface area contributed by atoms with Gasteiger partial charge in [-0.3, -0.25) is 19.2 Å². The molecule has 43 heavy (non-hydrogen) atoms. The van der Waals surface area contributed by atoms with Gasteiger partial charge < -0.3 is 29.7 Å². The fourth-order valence-electron chi connectivity index (χ4n) is 7.20. The number of hydrogen-bond acceptors (Lipinski definition) is 7. The zero-order valence-electron chi connectivity index (χ0n) is 23.8. The number of carbonyl (C=O) groups is 4. The molecule has 1 unspecified atom stereocenters. The number of fused-ring (bicyclic) bond motifs is 3. The SMILES string of the molecule is COc1cccc2[nH]c(C(=O)N3C[C@@H]4CCC[C@@H]4[C@H]3C(=O)NC(C[C@@H]3CCNC3=O)C(=O)c3nc4ccccc4o3)cc12. The Morgan fingerprint density at radius 2 is 2.00 bits per heavy atom. The zero-order valence-corrected chi connectivity index (χ0v) is 23.8. The van der Waals surface area contributed by atoms with E-state index in [2.05, 4.69) is 20.6 Å². The van der Waals surface area contributed by atoms with Crippen LogP contribution in [-0.2, 0) is 9.59 Å². The highest BCUT2D eigenvalue weighted by Crippen LogP contribution is 2.43. The Balaban J connectivity index is 1.18. The molecule has 3 aliphatic rings. The first-order chi connectivity index (χ1) is 20.9. The van der Waals surface area contributed by atoms with Crippen LogP contribution in [0, 0.1) is 17.8 Å². The summed E-state index contributed by atoms with van der Waals surface area (Å²) in [7, 11) is 1.58. The number of rotatable bonds is 8. The fraction of sp³-hybridized carbons (Fsp3) is 0.406. The Kier molecular flexibility index (Phi) is 6.87. The molecule has 11 heteroatoms. The van der Waals surface area contributed by atoms with Crippen LogP contribution in [0.4, 0.5) is 0 Å². The monoisotopic (exact) mass is 583 g/mol. The van der Waals surface area contributed by atoms with Crippen LogP contribution < -0.4 is 15.4 Å². The van der Waals surface area contributed by atoms with Gasteiger partial charge in [-0.1, -0.05) is 24.6 Å². The molecule has 2 aliphatic heterocycles. The summed E-state index contributed by atoms with van der Waals surface area (Å²) in [4.78, 5) is 63.6. The van der Waals surface area contributed by atoms with E-state index in [9.17, 15) is 19.2 Å². The first-order valence-corrected chi connectivity index (χ1v) is 14.9. The lowest BCUT2D eigenvalue weighted by Crippen LogP contribution is -2.53. The maximum atomic E-state index is 14.1. The molecule has 4 heterocycles. The Hall–Kier alpha value is -4.67. The molecule has 222 valence electrons. The number of likely N-dealkylation sites (tertiary alicyclic amines) is 1. The molecule has 4 aromatic rings. The number of para-hydroxylation sites is 2. The van der Waals surface area contributed by atoms with Gasteiger partial charge in [0.1, 0.15) is 23.0 Å². The number of H-pyrrole nitrogens is 1. The Bertz CT molecular complexity index is 1710. The quantitative estimate of drug-likeness (QED) is 0.269. The summed E-state index contributed by atoms with van der Waals surface area (Å²) >= 11 is 0. The van der Waals surface area contributed by atoms with Gasteiger partial charge in [-0.05, 0) is 67.9 Å². The maximum Gasteiger partial charge on any atom is 0.271 e. The predicted molar refractivity (Wildman–Crippen MR) is 157 cm³/mol. The van der Waals surface area contributed by atoms with Gasteiger partial charge in [0.25, 0.3) is 11.8 Å². The number of nitrogens with zero attached hydrogens (tertiary/aromatic N) is 2. The zero-order chi connectivity index (χ0) is 29.7. The number of ketones is 1. The summed E-state index contributed by atoms with van der Waals surface area (Å²) in [5, 5.41) is 6.54. The minimum absolute atomic E-state index is 0.0160. The van der Waals surface area contributed by atoms with Crippen molar-refractivity contribution in [2.75, 3.05) is 20.2 Å². The summed E-state index contributed by atoms with van der Waals surface area (Å²) in [6.07, 6.45) is 3.42. The van der Waals surface area contributed by atoms with Gasteiger partial charge in [0.2, 0.25) is 17.6 Å². The third-order valence-corrected chi connectivity index (χ3v) is 9.32. The first-order valence-electron chi connectivity index (χ1n) is 14.9. The topological polar surface area (TPSA) is 147 Å². The molecule has 2 aromatic heterocycles. The molecule has 0 bridgehead atoms. The van der Waals surface area contributed by atoms with Crippen LogP contribution in [0.5, 0.6) is 5.75 Å². The molecule has 3 fully saturated rings. The van der Waals surface area contributed by atoms with Crippen molar-refractivity contribution in [1.29, 1.82) is 0 Å². The van der Waals surface area contributed by atoms with E-state index >= 15 is 0 Å². The van der Waals surface area contributed by atoms with Crippen molar-refractivity contribution >= 4 is 45.5 Å². The molecule has 2 saturated heterocycles. The molecule has 7 rings (SSSR count). The fourth-order valence-corrected chi connectivity index (χ4v) is 7.20. The number of carbonyl (C=O) groups excluding carboxylic acids is 4. The van der Waals surface area contributed by atoms with Crippen LogP contribution in [-0.4, -0.2) is 70.7 Å². The van der Waals surface area contributed by atoms with Crippen molar-refractivity contribution < 1.29 is 28.3 Å². The van der Waals surface area contributed by atoms with Gasteiger partial charge in [-0.2, -0.15) is 0 Å². The lowest BCUT2D eigenvalue weighted by atomic mass is 9.92. The van der Waals surface area contributed by atoms with Crippen molar-refractivity contribution in [3.63, 3.8) is 0 Å². The number of nitrogens with one attached hydrogen (secondary N) is 3. The molecular weight excluding hydrogens is 550 g/mol. The van der Waals surface area contributed by atoms with Crippen LogP contribution in [0.2, 0.25) is 0 Å². The van der Waals surface area contributed by atoms with Gasteiger partial charge in [0, 0.05) is 29.9 Å². The number of oxazole rings is 1. The number of methoxy groups -OCH3 is 1. The summed E-state index contributed by atoms with van der Waals surface area (Å²) in [6, 6.07) is 12.6. The van der Waals surface area contributed by atoms with Crippen molar-refractivity contribution in [1.82, 2.24) is 25.5 Å². The number of aromatic amines is 1. The van der Waals surface area contributed by atoms with Crippen molar-refractivity contribution in [2.24, 2.45) is 17.8 Å². The third kappa shape index (κ3) is 4.82. The number of benzene rings is 2. The summed E-state index contributed by atoms with van der Waals surface area (Å²) in [5.41, 5.74) is 2.14. The number of aromatic nitrogens is 2. The highest BCUT2D eigenvalue weighted by atomic mass is 16.5. The molecule has 1 saturated carbocycles. The summed E-state index contributed by atoms with van der Waals surface area (Å²) in [5.74, 6) is -1.03. The largest absolute Gasteiger partial charge is 0.496 e. The van der Waals surface area contributed by atoms with Crippen molar-refractivity contribution in [3.05, 3.63) is 60.1 Å². The van der Waals surface area contributed by atoms with Gasteiger partial charge in [-0.25, -0.2) is 4.98 Å². The minimum Gasteiger partial charge on any atom is -0.496 e. The summed E-state index contributed by atoms with van der Waals surface area (Å²) in [6.45, 7) is 0.980. The summed E-state index contributed by atoms with van der Waals surface area (Å²) < 4.78 is 11.2. The lowest BCUT2D eigenvalue weighted by molar-refractivity contribution is -0.127. The average Bonchev–Trinajstić information content (AvgIpc) is 3.83. The normalized spacial score (nSPS) is 23.8. The van der Waals surface area contributed by atoms with E-state index in [1.807, 2.05) is 18.2 Å². The second-order valence-electron chi connectivity index (χ2n) is 11.8. The van der Waals surface area contributed by atoms with Gasteiger partial charge in [0.05, 0.1) is 13.2 Å². The van der Waals surface area contributed by atoms with Crippen LogP contribution >= 0.6 is 0 Å². The van der Waals surface area contributed by atoms with E-state index in [4.69, 9.17) is 9.15 Å². The highest BCUT2D eigenvalue weighted by Gasteiger charge is 2.50.